The van der Waals surface area contributed by atoms with E-state index in [1.165, 1.54) is 44.9 Å². The van der Waals surface area contributed by atoms with Crippen LogP contribution in [0.3, 0.4) is 0 Å². The number of aliphatic hydroxyl groups excluding tert-OH is 2. The molecule has 9 unspecified atom stereocenters. The molecule has 0 aliphatic heterocycles. The lowest BCUT2D eigenvalue weighted by Gasteiger charge is -2.51. The molecule has 5 rings (SSSR count). The molecule has 2 N–H and O–H groups in total. The quantitative estimate of drug-likeness (QED) is 0.814. The van der Waals surface area contributed by atoms with Crippen LogP contribution in [0.5, 0.6) is 0 Å². The third kappa shape index (κ3) is 1.26. The van der Waals surface area contributed by atoms with E-state index in [1.54, 1.807) is 0 Å². The van der Waals surface area contributed by atoms with Crippen LogP contribution >= 0.6 is 0 Å². The summed E-state index contributed by atoms with van der Waals surface area (Å²) in [6.45, 7) is 0.856. The summed E-state index contributed by atoms with van der Waals surface area (Å²) in [5.74, 6) is 6.87. The first-order chi connectivity index (χ1) is 9.78. The maximum atomic E-state index is 9.73. The smallest absolute Gasteiger partial charge is 0.0462 e. The first-order valence-corrected chi connectivity index (χ1v) is 9.00. The molecule has 0 aromatic heterocycles. The molecule has 0 amide bonds. The largest absolute Gasteiger partial charge is 0.396 e. The second-order valence-electron chi connectivity index (χ2n) is 8.80. The Kier molecular flexibility index (Phi) is 2.50. The molecule has 0 aromatic rings. The Morgan fingerprint density at radius 2 is 1.60 bits per heavy atom. The molecule has 20 heavy (non-hydrogen) atoms. The highest BCUT2D eigenvalue weighted by molar-refractivity contribution is 5.19. The third-order valence-corrected chi connectivity index (χ3v) is 8.70. The Morgan fingerprint density at radius 1 is 0.800 bits per heavy atom. The molecular weight excluding hydrogens is 248 g/mol. The lowest BCUT2D eigenvalue weighted by atomic mass is 9.54. The second kappa shape index (κ2) is 4.01. The van der Waals surface area contributed by atoms with Crippen LogP contribution in [-0.2, 0) is 0 Å². The summed E-state index contributed by atoms with van der Waals surface area (Å²) in [5, 5.41) is 19.3. The minimum Gasteiger partial charge on any atom is -0.396 e. The molecule has 0 spiro atoms. The molecule has 0 radical (unpaired) electrons. The molecule has 5 fully saturated rings. The fraction of sp³-hybridized carbons (Fsp3) is 1.00. The summed E-state index contributed by atoms with van der Waals surface area (Å²) in [4.78, 5) is 0. The van der Waals surface area contributed by atoms with Crippen LogP contribution < -0.4 is 0 Å². The Morgan fingerprint density at radius 3 is 2.40 bits per heavy atom. The monoisotopic (exact) mass is 276 g/mol. The minimum atomic E-state index is 0.423. The average molecular weight is 276 g/mol. The SMILES string of the molecule is OCC1CC2C(C1)C1CC2C2C3CCC12CCC3CO. The van der Waals surface area contributed by atoms with E-state index < -0.39 is 0 Å². The first-order valence-electron chi connectivity index (χ1n) is 9.00. The number of fused-ring (bicyclic) bond motifs is 5. The number of hydrogen-bond donors (Lipinski definition) is 2. The fourth-order valence-electron chi connectivity index (χ4n) is 8.32. The minimum absolute atomic E-state index is 0.423. The van der Waals surface area contributed by atoms with Gasteiger partial charge in [-0.25, -0.2) is 0 Å². The number of hydrogen-bond acceptors (Lipinski definition) is 2. The van der Waals surface area contributed by atoms with Gasteiger partial charge in [0.25, 0.3) is 0 Å². The van der Waals surface area contributed by atoms with Gasteiger partial charge in [0.1, 0.15) is 0 Å². The van der Waals surface area contributed by atoms with Crippen molar-refractivity contribution >= 4 is 0 Å². The van der Waals surface area contributed by atoms with Gasteiger partial charge in [-0.05, 0) is 97.7 Å². The van der Waals surface area contributed by atoms with E-state index in [9.17, 15) is 10.2 Å². The number of aliphatic hydroxyl groups is 2. The van der Waals surface area contributed by atoms with E-state index in [0.717, 1.165) is 35.5 Å². The molecule has 5 aliphatic rings. The Hall–Kier alpha value is -0.0800. The van der Waals surface area contributed by atoms with Crippen LogP contribution in [0.4, 0.5) is 0 Å². The van der Waals surface area contributed by atoms with Crippen LogP contribution in [0.1, 0.15) is 44.9 Å². The van der Waals surface area contributed by atoms with E-state index in [4.69, 9.17) is 0 Å². The Balaban J connectivity index is 1.51. The van der Waals surface area contributed by atoms with Crippen LogP contribution in [0.25, 0.3) is 0 Å². The van der Waals surface area contributed by atoms with E-state index >= 15 is 0 Å². The summed E-state index contributed by atoms with van der Waals surface area (Å²) >= 11 is 0. The van der Waals surface area contributed by atoms with E-state index in [0.29, 0.717) is 30.5 Å². The van der Waals surface area contributed by atoms with Gasteiger partial charge in [0, 0.05) is 13.2 Å². The highest BCUT2D eigenvalue weighted by Gasteiger charge is 2.71. The fourth-order valence-corrected chi connectivity index (χ4v) is 8.32. The summed E-state index contributed by atoms with van der Waals surface area (Å²) in [6.07, 6.45) is 9.72. The summed E-state index contributed by atoms with van der Waals surface area (Å²) in [6, 6.07) is 0. The zero-order chi connectivity index (χ0) is 13.5. The molecule has 112 valence electrons. The zero-order valence-electron chi connectivity index (χ0n) is 12.4. The first kappa shape index (κ1) is 12.5. The van der Waals surface area contributed by atoms with Crippen LogP contribution in [0.2, 0.25) is 0 Å². The van der Waals surface area contributed by atoms with E-state index in [1.807, 2.05) is 0 Å². The molecule has 2 nitrogen and oxygen atoms in total. The van der Waals surface area contributed by atoms with Crippen molar-refractivity contribution in [2.45, 2.75) is 44.9 Å². The normalized spacial score (nSPS) is 62.7. The molecule has 4 bridgehead atoms. The summed E-state index contributed by atoms with van der Waals surface area (Å²) < 4.78 is 0. The van der Waals surface area contributed by atoms with Crippen LogP contribution in [0.15, 0.2) is 0 Å². The molecular formula is C18H28O2. The van der Waals surface area contributed by atoms with Crippen molar-refractivity contribution in [3.05, 3.63) is 0 Å². The molecule has 5 saturated carbocycles. The van der Waals surface area contributed by atoms with Gasteiger partial charge in [-0.3, -0.25) is 0 Å². The molecule has 9 atom stereocenters. The highest BCUT2D eigenvalue weighted by atomic mass is 16.3. The molecule has 5 aliphatic carbocycles. The van der Waals surface area contributed by atoms with E-state index in [-0.39, 0.29) is 0 Å². The van der Waals surface area contributed by atoms with Crippen LogP contribution in [-0.4, -0.2) is 23.4 Å². The van der Waals surface area contributed by atoms with Gasteiger partial charge in [-0.2, -0.15) is 0 Å². The van der Waals surface area contributed by atoms with Crippen molar-refractivity contribution in [2.24, 2.45) is 52.8 Å². The third-order valence-electron chi connectivity index (χ3n) is 8.70. The Labute approximate surface area is 122 Å². The highest BCUT2D eigenvalue weighted by Crippen LogP contribution is 2.78. The lowest BCUT2D eigenvalue weighted by Crippen LogP contribution is -2.46. The van der Waals surface area contributed by atoms with Crippen molar-refractivity contribution in [3.63, 3.8) is 0 Å². The number of rotatable bonds is 2. The maximum absolute atomic E-state index is 9.73. The van der Waals surface area contributed by atoms with Crippen molar-refractivity contribution in [1.29, 1.82) is 0 Å². The van der Waals surface area contributed by atoms with Gasteiger partial charge in [-0.1, -0.05) is 0 Å². The van der Waals surface area contributed by atoms with E-state index in [2.05, 4.69) is 0 Å². The lowest BCUT2D eigenvalue weighted by molar-refractivity contribution is -0.0396. The van der Waals surface area contributed by atoms with Gasteiger partial charge < -0.3 is 10.2 Å². The standard InChI is InChI=1S/C18H28O2/c19-8-10-5-13-14(6-10)16-7-15(13)17-12-2-4-18(16,17)3-1-11(12)9-20/h10-17,19-20H,1-9H2. The molecule has 0 aromatic carbocycles. The molecule has 0 heterocycles. The van der Waals surface area contributed by atoms with Gasteiger partial charge in [-0.15, -0.1) is 0 Å². The van der Waals surface area contributed by atoms with Crippen molar-refractivity contribution in [1.82, 2.24) is 0 Å². The Bertz CT molecular complexity index is 422. The van der Waals surface area contributed by atoms with Crippen LogP contribution in [0, 0.1) is 52.8 Å². The summed E-state index contributed by atoms with van der Waals surface area (Å²) in [5.41, 5.74) is 0.687. The zero-order valence-corrected chi connectivity index (χ0v) is 12.4. The topological polar surface area (TPSA) is 40.5 Å². The second-order valence-corrected chi connectivity index (χ2v) is 8.80. The van der Waals surface area contributed by atoms with Gasteiger partial charge in [0.15, 0.2) is 0 Å². The predicted octanol–water partition coefficient (Wildman–Crippen LogP) is 2.69. The average Bonchev–Trinajstić information content (AvgIpc) is 3.14. The van der Waals surface area contributed by atoms with Gasteiger partial charge in [0.05, 0.1) is 0 Å². The maximum Gasteiger partial charge on any atom is 0.0462 e. The van der Waals surface area contributed by atoms with Gasteiger partial charge in [0.2, 0.25) is 0 Å². The van der Waals surface area contributed by atoms with Gasteiger partial charge >= 0.3 is 0 Å². The molecule has 2 heteroatoms. The van der Waals surface area contributed by atoms with Crippen molar-refractivity contribution in [3.8, 4) is 0 Å². The molecule has 0 saturated heterocycles. The van der Waals surface area contributed by atoms with Crippen molar-refractivity contribution in [2.75, 3.05) is 13.2 Å². The van der Waals surface area contributed by atoms with Crippen molar-refractivity contribution < 1.29 is 10.2 Å². The predicted molar refractivity (Wildman–Crippen MR) is 76.8 cm³/mol. The summed E-state index contributed by atoms with van der Waals surface area (Å²) in [7, 11) is 0.